The maximum Gasteiger partial charge on any atom is 0.262 e. The van der Waals surface area contributed by atoms with Gasteiger partial charge in [0, 0.05) is 24.6 Å². The lowest BCUT2D eigenvalue weighted by Gasteiger charge is -2.31. The molecule has 2 heterocycles. The van der Waals surface area contributed by atoms with Crippen LogP contribution in [0.4, 0.5) is 5.69 Å². The van der Waals surface area contributed by atoms with Crippen LogP contribution in [-0.4, -0.2) is 48.8 Å². The molecule has 2 aromatic rings. The molecule has 0 aliphatic carbocycles. The summed E-state index contributed by atoms with van der Waals surface area (Å²) in [6.45, 7) is 5.01. The van der Waals surface area contributed by atoms with Gasteiger partial charge in [-0.1, -0.05) is 12.1 Å². The number of ether oxygens (including phenoxy) is 2. The largest absolute Gasteiger partial charge is 0.483 e. The summed E-state index contributed by atoms with van der Waals surface area (Å²) in [6, 6.07) is 10.9. The van der Waals surface area contributed by atoms with E-state index in [1.165, 1.54) is 0 Å². The number of ketones is 1. The van der Waals surface area contributed by atoms with Gasteiger partial charge in [0.05, 0.1) is 5.69 Å². The number of piperidine rings is 1. The molecule has 2 amide bonds. The maximum absolute atomic E-state index is 12.9. The standard InChI is InChI=1S/C24H26N2O5/c1-15-4-3-5-20(16(15)2)31-14-23(28)26-10-8-17(9-11-26)24(29)18-6-7-21-19(12-18)25-22(27)13-30-21/h3-7,12,17H,8-11,13-14H2,1-2H3,(H,25,27). The molecule has 1 fully saturated rings. The Morgan fingerprint density at radius 3 is 2.71 bits per heavy atom. The number of nitrogens with one attached hydrogen (secondary N) is 1. The molecule has 7 nitrogen and oxygen atoms in total. The third-order valence-corrected chi connectivity index (χ3v) is 6.02. The van der Waals surface area contributed by atoms with Crippen LogP contribution in [0.5, 0.6) is 11.5 Å². The van der Waals surface area contributed by atoms with E-state index in [0.717, 1.165) is 16.9 Å². The second-order valence-corrected chi connectivity index (χ2v) is 8.05. The normalized spacial score (nSPS) is 16.2. The summed E-state index contributed by atoms with van der Waals surface area (Å²) in [5, 5.41) is 2.73. The molecule has 0 aromatic heterocycles. The number of carbonyl (C=O) groups excluding carboxylic acids is 3. The quantitative estimate of drug-likeness (QED) is 0.749. The van der Waals surface area contributed by atoms with Crippen LogP contribution in [0.3, 0.4) is 0 Å². The number of amides is 2. The Morgan fingerprint density at radius 2 is 1.94 bits per heavy atom. The van der Waals surface area contributed by atoms with E-state index >= 15 is 0 Å². The number of rotatable bonds is 5. The maximum atomic E-state index is 12.9. The monoisotopic (exact) mass is 422 g/mol. The third-order valence-electron chi connectivity index (χ3n) is 6.02. The van der Waals surface area contributed by atoms with Crippen LogP contribution < -0.4 is 14.8 Å². The van der Waals surface area contributed by atoms with Crippen molar-refractivity contribution in [2.45, 2.75) is 26.7 Å². The number of likely N-dealkylation sites (tertiary alicyclic amines) is 1. The van der Waals surface area contributed by atoms with E-state index < -0.39 is 0 Å². The van der Waals surface area contributed by atoms with Crippen molar-refractivity contribution in [3.63, 3.8) is 0 Å². The molecule has 0 radical (unpaired) electrons. The molecule has 1 saturated heterocycles. The average Bonchev–Trinajstić information content (AvgIpc) is 2.79. The molecular weight excluding hydrogens is 396 g/mol. The molecule has 4 rings (SSSR count). The number of aryl methyl sites for hydroxylation is 1. The molecule has 31 heavy (non-hydrogen) atoms. The molecule has 162 valence electrons. The fourth-order valence-electron chi connectivity index (χ4n) is 3.97. The van der Waals surface area contributed by atoms with E-state index in [4.69, 9.17) is 9.47 Å². The number of Topliss-reactive ketones (excluding diaryl/α,β-unsaturated/α-hetero) is 1. The summed E-state index contributed by atoms with van der Waals surface area (Å²) in [7, 11) is 0. The Kier molecular flexibility index (Phi) is 5.93. The molecular formula is C24H26N2O5. The lowest BCUT2D eigenvalue weighted by atomic mass is 9.88. The van der Waals surface area contributed by atoms with Gasteiger partial charge in [-0.25, -0.2) is 0 Å². The Balaban J connectivity index is 1.31. The summed E-state index contributed by atoms with van der Waals surface area (Å²) in [5.74, 6) is 0.873. The van der Waals surface area contributed by atoms with E-state index in [-0.39, 0.29) is 36.7 Å². The minimum atomic E-state index is -0.230. The zero-order valence-corrected chi connectivity index (χ0v) is 17.8. The molecule has 0 saturated carbocycles. The Hall–Kier alpha value is -3.35. The van der Waals surface area contributed by atoms with Crippen LogP contribution >= 0.6 is 0 Å². The number of anilines is 1. The highest BCUT2D eigenvalue weighted by atomic mass is 16.5. The van der Waals surface area contributed by atoms with Crippen LogP contribution in [0.2, 0.25) is 0 Å². The lowest BCUT2D eigenvalue weighted by Crippen LogP contribution is -2.42. The highest BCUT2D eigenvalue weighted by Crippen LogP contribution is 2.31. The number of benzene rings is 2. The van der Waals surface area contributed by atoms with Crippen LogP contribution in [0.1, 0.15) is 34.3 Å². The van der Waals surface area contributed by atoms with Crippen molar-refractivity contribution in [1.29, 1.82) is 0 Å². The van der Waals surface area contributed by atoms with Gasteiger partial charge in [-0.05, 0) is 62.1 Å². The van der Waals surface area contributed by atoms with Gasteiger partial charge in [-0.2, -0.15) is 0 Å². The summed E-state index contributed by atoms with van der Waals surface area (Å²) in [4.78, 5) is 38.8. The Labute approximate surface area is 181 Å². The van der Waals surface area contributed by atoms with Crippen molar-refractivity contribution >= 4 is 23.3 Å². The highest BCUT2D eigenvalue weighted by molar-refractivity contribution is 6.01. The number of nitrogens with zero attached hydrogens (tertiary/aromatic N) is 1. The molecule has 0 bridgehead atoms. The first-order valence-electron chi connectivity index (χ1n) is 10.5. The van der Waals surface area contributed by atoms with Gasteiger partial charge in [0.2, 0.25) is 0 Å². The summed E-state index contributed by atoms with van der Waals surface area (Å²) in [6.07, 6.45) is 1.21. The predicted molar refractivity (Wildman–Crippen MR) is 116 cm³/mol. The topological polar surface area (TPSA) is 84.9 Å². The molecule has 1 N–H and O–H groups in total. The van der Waals surface area contributed by atoms with Crippen molar-refractivity contribution in [3.05, 3.63) is 53.1 Å². The molecule has 2 aromatic carbocycles. The summed E-state index contributed by atoms with van der Waals surface area (Å²) in [5.41, 5.74) is 3.23. The van der Waals surface area contributed by atoms with Crippen molar-refractivity contribution in [1.82, 2.24) is 4.90 Å². The Morgan fingerprint density at radius 1 is 1.16 bits per heavy atom. The number of fused-ring (bicyclic) bond motifs is 1. The number of hydrogen-bond acceptors (Lipinski definition) is 5. The van der Waals surface area contributed by atoms with Gasteiger partial charge >= 0.3 is 0 Å². The second kappa shape index (κ2) is 8.79. The molecule has 7 heteroatoms. The zero-order chi connectivity index (χ0) is 22.0. The van der Waals surface area contributed by atoms with Gasteiger partial charge in [-0.3, -0.25) is 14.4 Å². The molecule has 2 aliphatic rings. The van der Waals surface area contributed by atoms with Crippen molar-refractivity contribution in [2.24, 2.45) is 5.92 Å². The highest BCUT2D eigenvalue weighted by Gasteiger charge is 2.29. The van der Waals surface area contributed by atoms with Crippen molar-refractivity contribution in [2.75, 3.05) is 31.6 Å². The molecule has 0 spiro atoms. The van der Waals surface area contributed by atoms with Crippen molar-refractivity contribution in [3.8, 4) is 11.5 Å². The predicted octanol–water partition coefficient (Wildman–Crippen LogP) is 3.13. The van der Waals surface area contributed by atoms with Gasteiger partial charge in [0.25, 0.3) is 11.8 Å². The van der Waals surface area contributed by atoms with Gasteiger partial charge in [0.15, 0.2) is 19.0 Å². The van der Waals surface area contributed by atoms with E-state index in [1.807, 2.05) is 32.0 Å². The zero-order valence-electron chi connectivity index (χ0n) is 17.8. The minimum absolute atomic E-state index is 0.00652. The third kappa shape index (κ3) is 4.55. The van der Waals surface area contributed by atoms with E-state index in [2.05, 4.69) is 5.32 Å². The molecule has 2 aliphatic heterocycles. The van der Waals surface area contributed by atoms with E-state index in [0.29, 0.717) is 42.9 Å². The van der Waals surface area contributed by atoms with E-state index in [1.54, 1.807) is 23.1 Å². The smallest absolute Gasteiger partial charge is 0.262 e. The number of carbonyl (C=O) groups is 3. The van der Waals surface area contributed by atoms with E-state index in [9.17, 15) is 14.4 Å². The molecule has 0 unspecified atom stereocenters. The first-order valence-corrected chi connectivity index (χ1v) is 10.5. The fourth-order valence-corrected chi connectivity index (χ4v) is 3.97. The summed E-state index contributed by atoms with van der Waals surface area (Å²) < 4.78 is 11.1. The van der Waals surface area contributed by atoms with Crippen LogP contribution in [0.25, 0.3) is 0 Å². The van der Waals surface area contributed by atoms with Gasteiger partial charge < -0.3 is 19.7 Å². The Bertz CT molecular complexity index is 1020. The van der Waals surface area contributed by atoms with Gasteiger partial charge in [-0.15, -0.1) is 0 Å². The lowest BCUT2D eigenvalue weighted by molar-refractivity contribution is -0.134. The fraction of sp³-hybridized carbons (Fsp3) is 0.375. The summed E-state index contributed by atoms with van der Waals surface area (Å²) >= 11 is 0. The molecule has 0 atom stereocenters. The van der Waals surface area contributed by atoms with Crippen LogP contribution in [0, 0.1) is 19.8 Å². The first kappa shape index (κ1) is 20.9. The number of hydrogen-bond donors (Lipinski definition) is 1. The van der Waals surface area contributed by atoms with Crippen molar-refractivity contribution < 1.29 is 23.9 Å². The average molecular weight is 422 g/mol. The first-order chi connectivity index (χ1) is 14.9. The van der Waals surface area contributed by atoms with Crippen LogP contribution in [0.15, 0.2) is 36.4 Å². The van der Waals surface area contributed by atoms with Crippen LogP contribution in [-0.2, 0) is 9.59 Å². The minimum Gasteiger partial charge on any atom is -0.483 e. The SMILES string of the molecule is Cc1cccc(OCC(=O)N2CCC(C(=O)c3ccc4c(c3)NC(=O)CO4)CC2)c1C. The van der Waals surface area contributed by atoms with Gasteiger partial charge in [0.1, 0.15) is 11.5 Å². The second-order valence-electron chi connectivity index (χ2n) is 8.05.